The molecular formula is C23H29N3O6S. The predicted molar refractivity (Wildman–Crippen MR) is 121 cm³/mol. The Hall–Kier alpha value is -2.98. The zero-order valence-corrected chi connectivity index (χ0v) is 19.8. The van der Waals surface area contributed by atoms with Crippen molar-refractivity contribution in [1.82, 2.24) is 14.6 Å². The second-order valence-corrected chi connectivity index (χ2v) is 9.96. The summed E-state index contributed by atoms with van der Waals surface area (Å²) in [5, 5.41) is 2.90. The topological polar surface area (TPSA) is 115 Å². The quantitative estimate of drug-likeness (QED) is 0.583. The maximum absolute atomic E-state index is 13.1. The number of amides is 1. The molecule has 1 aliphatic rings. The molecule has 9 nitrogen and oxygen atoms in total. The molecule has 10 heteroatoms. The van der Waals surface area contributed by atoms with Gasteiger partial charge in [-0.2, -0.15) is 4.31 Å². The van der Waals surface area contributed by atoms with Crippen LogP contribution in [0.15, 0.2) is 47.5 Å². The molecule has 3 rings (SSSR count). The van der Waals surface area contributed by atoms with E-state index in [-0.39, 0.29) is 41.5 Å². The number of ether oxygens (including phenoxy) is 2. The highest BCUT2D eigenvalue weighted by atomic mass is 32.2. The number of aromatic nitrogens is 1. The summed E-state index contributed by atoms with van der Waals surface area (Å²) in [6.07, 6.45) is 2.48. The van der Waals surface area contributed by atoms with Crippen LogP contribution < -0.4 is 10.1 Å². The van der Waals surface area contributed by atoms with E-state index in [1.54, 1.807) is 24.4 Å². The first-order chi connectivity index (χ1) is 15.7. The summed E-state index contributed by atoms with van der Waals surface area (Å²) in [5.74, 6) is -0.586. The van der Waals surface area contributed by atoms with E-state index in [0.717, 1.165) is 5.56 Å². The number of pyridine rings is 1. The normalized spacial score (nSPS) is 15.3. The van der Waals surface area contributed by atoms with E-state index >= 15 is 0 Å². The molecule has 0 radical (unpaired) electrons. The van der Waals surface area contributed by atoms with Gasteiger partial charge in [-0.05, 0) is 44.4 Å². The van der Waals surface area contributed by atoms with Crippen molar-refractivity contribution in [3.8, 4) is 5.88 Å². The van der Waals surface area contributed by atoms with Crippen LogP contribution in [0.25, 0.3) is 0 Å². The van der Waals surface area contributed by atoms with Crippen LogP contribution in [0.5, 0.6) is 5.88 Å². The molecule has 0 atom stereocenters. The van der Waals surface area contributed by atoms with Crippen LogP contribution in [0, 0.1) is 5.92 Å². The van der Waals surface area contributed by atoms with Crippen molar-refractivity contribution in [3.05, 3.63) is 53.7 Å². The first kappa shape index (κ1) is 24.7. The lowest BCUT2D eigenvalue weighted by atomic mass is 9.97. The number of piperidine rings is 1. The van der Waals surface area contributed by atoms with Gasteiger partial charge in [0.15, 0.2) is 0 Å². The van der Waals surface area contributed by atoms with Crippen molar-refractivity contribution in [2.24, 2.45) is 5.92 Å². The second-order valence-electron chi connectivity index (χ2n) is 8.06. The van der Waals surface area contributed by atoms with Gasteiger partial charge in [-0.15, -0.1) is 0 Å². The summed E-state index contributed by atoms with van der Waals surface area (Å²) < 4.78 is 37.8. The minimum atomic E-state index is -3.88. The Balaban J connectivity index is 1.56. The van der Waals surface area contributed by atoms with E-state index in [0.29, 0.717) is 25.3 Å². The monoisotopic (exact) mass is 475 g/mol. The van der Waals surface area contributed by atoms with E-state index in [1.165, 1.54) is 23.5 Å². The average molecular weight is 476 g/mol. The number of rotatable bonds is 8. The lowest BCUT2D eigenvalue weighted by molar-refractivity contribution is -0.126. The van der Waals surface area contributed by atoms with Crippen LogP contribution in [0.3, 0.4) is 0 Å². The third-order valence-corrected chi connectivity index (χ3v) is 7.31. The second kappa shape index (κ2) is 10.8. The molecule has 0 aliphatic carbocycles. The largest absolute Gasteiger partial charge is 0.475 e. The van der Waals surface area contributed by atoms with Gasteiger partial charge < -0.3 is 14.8 Å². The summed E-state index contributed by atoms with van der Waals surface area (Å²) in [4.78, 5) is 28.7. The molecule has 1 N–H and O–H groups in total. The van der Waals surface area contributed by atoms with Gasteiger partial charge in [-0.25, -0.2) is 18.2 Å². The van der Waals surface area contributed by atoms with Crippen molar-refractivity contribution in [2.45, 2.75) is 44.2 Å². The number of methoxy groups -OCH3 is 1. The van der Waals surface area contributed by atoms with Crippen molar-refractivity contribution in [3.63, 3.8) is 0 Å². The van der Waals surface area contributed by atoms with Crippen LogP contribution in [0.1, 0.15) is 42.6 Å². The fourth-order valence-electron chi connectivity index (χ4n) is 3.63. The Morgan fingerprint density at radius 2 is 1.85 bits per heavy atom. The molecule has 33 heavy (non-hydrogen) atoms. The average Bonchev–Trinajstić information content (AvgIpc) is 2.82. The summed E-state index contributed by atoms with van der Waals surface area (Å²) in [7, 11) is -2.68. The van der Waals surface area contributed by atoms with E-state index < -0.39 is 16.0 Å². The molecule has 1 aromatic heterocycles. The van der Waals surface area contributed by atoms with E-state index in [9.17, 15) is 18.0 Å². The SMILES string of the molecule is COC(=O)c1ccccc1S(=O)(=O)N1CCC(C(=O)NCc2ccc(OC(C)C)nc2)CC1. The first-order valence-corrected chi connectivity index (χ1v) is 12.2. The van der Waals surface area contributed by atoms with Gasteiger partial charge in [0.05, 0.1) is 23.7 Å². The molecule has 0 saturated carbocycles. The molecule has 1 amide bonds. The highest BCUT2D eigenvalue weighted by molar-refractivity contribution is 7.89. The van der Waals surface area contributed by atoms with Gasteiger partial charge in [0.1, 0.15) is 0 Å². The number of nitrogens with one attached hydrogen (secondary N) is 1. The fourth-order valence-corrected chi connectivity index (χ4v) is 5.28. The number of hydrogen-bond acceptors (Lipinski definition) is 7. The van der Waals surface area contributed by atoms with Gasteiger partial charge in [0.2, 0.25) is 21.8 Å². The zero-order valence-electron chi connectivity index (χ0n) is 19.0. The molecule has 178 valence electrons. The number of nitrogens with zero attached hydrogens (tertiary/aromatic N) is 2. The summed E-state index contributed by atoms with van der Waals surface area (Å²) in [6, 6.07) is 9.58. The van der Waals surface area contributed by atoms with E-state index in [2.05, 4.69) is 10.3 Å². The van der Waals surface area contributed by atoms with Crippen LogP contribution in [-0.4, -0.2) is 55.9 Å². The molecule has 0 spiro atoms. The Morgan fingerprint density at radius 1 is 1.15 bits per heavy atom. The summed E-state index contributed by atoms with van der Waals surface area (Å²) in [6.45, 7) is 4.56. The summed E-state index contributed by atoms with van der Waals surface area (Å²) >= 11 is 0. The number of hydrogen-bond donors (Lipinski definition) is 1. The minimum absolute atomic E-state index is 0.00158. The number of benzene rings is 1. The molecule has 1 aromatic carbocycles. The fraction of sp³-hybridized carbons (Fsp3) is 0.435. The van der Waals surface area contributed by atoms with E-state index in [1.807, 2.05) is 19.9 Å². The highest BCUT2D eigenvalue weighted by Gasteiger charge is 2.34. The molecule has 1 aliphatic heterocycles. The molecule has 2 aromatic rings. The first-order valence-electron chi connectivity index (χ1n) is 10.8. The summed E-state index contributed by atoms with van der Waals surface area (Å²) in [5.41, 5.74) is 0.845. The zero-order chi connectivity index (χ0) is 24.0. The third kappa shape index (κ3) is 6.08. The smallest absolute Gasteiger partial charge is 0.339 e. The van der Waals surface area contributed by atoms with Crippen LogP contribution in [0.4, 0.5) is 0 Å². The lowest BCUT2D eigenvalue weighted by Crippen LogP contribution is -2.43. The maximum atomic E-state index is 13.1. The molecule has 1 saturated heterocycles. The standard InChI is InChI=1S/C23H29N3O6S/c1-16(2)32-21-9-8-17(14-24-21)15-25-22(27)18-10-12-26(13-11-18)33(29,30)20-7-5-4-6-19(20)23(28)31-3/h4-9,14,16,18H,10-13,15H2,1-3H3,(H,25,27). The minimum Gasteiger partial charge on any atom is -0.475 e. The highest BCUT2D eigenvalue weighted by Crippen LogP contribution is 2.26. The van der Waals surface area contributed by atoms with Crippen LogP contribution in [-0.2, 0) is 26.1 Å². The van der Waals surface area contributed by atoms with Gasteiger partial charge in [-0.1, -0.05) is 18.2 Å². The van der Waals surface area contributed by atoms with Gasteiger partial charge in [0, 0.05) is 37.8 Å². The molecular weight excluding hydrogens is 446 g/mol. The molecule has 2 heterocycles. The van der Waals surface area contributed by atoms with Crippen molar-refractivity contribution >= 4 is 21.9 Å². The molecule has 0 unspecified atom stereocenters. The number of carbonyl (C=O) groups excluding carboxylic acids is 2. The van der Waals surface area contributed by atoms with Crippen LogP contribution >= 0.6 is 0 Å². The lowest BCUT2D eigenvalue weighted by Gasteiger charge is -2.31. The van der Waals surface area contributed by atoms with Crippen LogP contribution in [0.2, 0.25) is 0 Å². The number of carbonyl (C=O) groups is 2. The maximum Gasteiger partial charge on any atom is 0.339 e. The van der Waals surface area contributed by atoms with Gasteiger partial charge in [0.25, 0.3) is 0 Å². The number of esters is 1. The van der Waals surface area contributed by atoms with Gasteiger partial charge >= 0.3 is 5.97 Å². The molecule has 1 fully saturated rings. The van der Waals surface area contributed by atoms with Crippen molar-refractivity contribution < 1.29 is 27.5 Å². The number of sulfonamides is 1. The Labute approximate surface area is 194 Å². The third-order valence-electron chi connectivity index (χ3n) is 5.36. The Kier molecular flexibility index (Phi) is 8.04. The van der Waals surface area contributed by atoms with Crippen molar-refractivity contribution in [2.75, 3.05) is 20.2 Å². The Bertz CT molecular complexity index is 1080. The van der Waals surface area contributed by atoms with Crippen molar-refractivity contribution in [1.29, 1.82) is 0 Å². The molecule has 0 bridgehead atoms. The van der Waals surface area contributed by atoms with E-state index in [4.69, 9.17) is 9.47 Å². The Morgan fingerprint density at radius 3 is 2.45 bits per heavy atom. The van der Waals surface area contributed by atoms with Gasteiger partial charge in [-0.3, -0.25) is 4.79 Å². The predicted octanol–water partition coefficient (Wildman–Crippen LogP) is 2.37.